The molecule has 0 saturated heterocycles. The topological polar surface area (TPSA) is 35.6 Å². The summed E-state index contributed by atoms with van der Waals surface area (Å²) in [7, 11) is 1.98. The van der Waals surface area contributed by atoms with E-state index < -0.39 is 0 Å². The Kier molecular flexibility index (Phi) is 1.88. The lowest BCUT2D eigenvalue weighted by Gasteiger charge is -2.01. The van der Waals surface area contributed by atoms with Crippen molar-refractivity contribution in [1.82, 2.24) is 19.3 Å². The molecule has 0 atom stereocenters. The van der Waals surface area contributed by atoms with E-state index in [0.29, 0.717) is 0 Å². The van der Waals surface area contributed by atoms with Gasteiger partial charge in [-0.25, -0.2) is 4.98 Å². The summed E-state index contributed by atoms with van der Waals surface area (Å²) in [6.45, 7) is 2.82. The first kappa shape index (κ1) is 8.04. The largest absolute Gasteiger partial charge is 0.336 e. The average molecular weight is 176 g/mol. The quantitative estimate of drug-likeness (QED) is 0.683. The van der Waals surface area contributed by atoms with Crippen molar-refractivity contribution in [2.75, 3.05) is 0 Å². The minimum atomic E-state index is 0.782. The summed E-state index contributed by atoms with van der Waals surface area (Å²) < 4.78 is 3.91. The highest BCUT2D eigenvalue weighted by Gasteiger charge is 1.99. The first-order valence-electron chi connectivity index (χ1n) is 4.20. The lowest BCUT2D eigenvalue weighted by molar-refractivity contribution is 0.648. The van der Waals surface area contributed by atoms with Gasteiger partial charge in [-0.2, -0.15) is 5.10 Å². The van der Waals surface area contributed by atoms with Crippen LogP contribution in [0.5, 0.6) is 0 Å². The number of hydrogen-bond donors (Lipinski definition) is 0. The number of aromatic nitrogens is 4. The van der Waals surface area contributed by atoms with Gasteiger partial charge >= 0.3 is 0 Å². The van der Waals surface area contributed by atoms with Gasteiger partial charge in [-0.1, -0.05) is 0 Å². The Bertz CT molecular complexity index is 399. The van der Waals surface area contributed by atoms with Crippen LogP contribution in [0.1, 0.15) is 11.3 Å². The van der Waals surface area contributed by atoms with E-state index in [1.807, 2.05) is 41.8 Å². The molecule has 0 bridgehead atoms. The summed E-state index contributed by atoms with van der Waals surface area (Å²) >= 11 is 0. The van der Waals surface area contributed by atoms with Crippen LogP contribution < -0.4 is 0 Å². The van der Waals surface area contributed by atoms with Crippen molar-refractivity contribution in [3.63, 3.8) is 0 Å². The Labute approximate surface area is 76.8 Å². The molecule has 0 aromatic carbocycles. The fourth-order valence-electron chi connectivity index (χ4n) is 1.26. The first-order valence-corrected chi connectivity index (χ1v) is 4.20. The molecule has 4 nitrogen and oxygen atoms in total. The summed E-state index contributed by atoms with van der Waals surface area (Å²) in [4.78, 5) is 4.05. The van der Waals surface area contributed by atoms with Crippen LogP contribution in [0.3, 0.4) is 0 Å². The average Bonchev–Trinajstić information content (AvgIpc) is 2.64. The fourth-order valence-corrected chi connectivity index (χ4v) is 1.26. The molecule has 0 aliphatic rings. The molecule has 0 radical (unpaired) electrons. The van der Waals surface area contributed by atoms with Crippen LogP contribution in [0.15, 0.2) is 24.9 Å². The lowest BCUT2D eigenvalue weighted by Crippen LogP contribution is -2.04. The van der Waals surface area contributed by atoms with Gasteiger partial charge in [-0.3, -0.25) is 4.68 Å². The number of hydrogen-bond acceptors (Lipinski definition) is 2. The van der Waals surface area contributed by atoms with Crippen molar-refractivity contribution in [3.05, 3.63) is 36.2 Å². The molecular weight excluding hydrogens is 164 g/mol. The monoisotopic (exact) mass is 176 g/mol. The van der Waals surface area contributed by atoms with Crippen molar-refractivity contribution in [2.45, 2.75) is 13.5 Å². The molecule has 2 heterocycles. The zero-order valence-corrected chi connectivity index (χ0v) is 7.81. The first-order chi connectivity index (χ1) is 6.25. The van der Waals surface area contributed by atoms with Crippen LogP contribution >= 0.6 is 0 Å². The van der Waals surface area contributed by atoms with Crippen LogP contribution in [0.2, 0.25) is 0 Å². The highest BCUT2D eigenvalue weighted by Crippen LogP contribution is 2.01. The van der Waals surface area contributed by atoms with Gasteiger partial charge in [0.15, 0.2) is 0 Å². The Hall–Kier alpha value is -1.58. The van der Waals surface area contributed by atoms with E-state index in [2.05, 4.69) is 10.1 Å². The predicted molar refractivity (Wildman–Crippen MR) is 49.3 cm³/mol. The van der Waals surface area contributed by atoms with Crippen molar-refractivity contribution in [3.8, 4) is 0 Å². The summed E-state index contributed by atoms with van der Waals surface area (Å²) in [6.07, 6.45) is 7.53. The zero-order chi connectivity index (χ0) is 9.26. The van der Waals surface area contributed by atoms with Crippen molar-refractivity contribution in [2.24, 2.45) is 7.05 Å². The van der Waals surface area contributed by atoms with E-state index in [1.165, 1.54) is 5.56 Å². The molecule has 0 saturated carbocycles. The van der Waals surface area contributed by atoms with Gasteiger partial charge in [-0.15, -0.1) is 0 Å². The molecule has 2 aromatic heterocycles. The van der Waals surface area contributed by atoms with Crippen LogP contribution in [-0.4, -0.2) is 19.3 Å². The van der Waals surface area contributed by atoms with Crippen LogP contribution in [0.25, 0.3) is 0 Å². The molecule has 2 rings (SSSR count). The molecule has 68 valence electrons. The molecule has 0 aliphatic heterocycles. The summed E-state index contributed by atoms with van der Waals surface area (Å²) in [5, 5.41) is 4.21. The van der Waals surface area contributed by atoms with E-state index in [0.717, 1.165) is 12.2 Å². The van der Waals surface area contributed by atoms with Crippen molar-refractivity contribution < 1.29 is 0 Å². The SMILES string of the molecule is Cc1cnn(Cc2cncn2C)c1. The Balaban J connectivity index is 2.19. The van der Waals surface area contributed by atoms with Crippen molar-refractivity contribution in [1.29, 1.82) is 0 Å². The second kappa shape index (κ2) is 3.05. The smallest absolute Gasteiger partial charge is 0.0946 e. The Morgan fingerprint density at radius 3 is 2.77 bits per heavy atom. The molecule has 0 unspecified atom stereocenters. The van der Waals surface area contributed by atoms with Gasteiger partial charge in [0.2, 0.25) is 0 Å². The summed E-state index contributed by atoms with van der Waals surface area (Å²) in [5.74, 6) is 0. The maximum Gasteiger partial charge on any atom is 0.0946 e. The number of imidazole rings is 1. The molecule has 0 amide bonds. The normalized spacial score (nSPS) is 10.6. The Morgan fingerprint density at radius 1 is 1.38 bits per heavy atom. The highest BCUT2D eigenvalue weighted by molar-refractivity contribution is 5.03. The highest BCUT2D eigenvalue weighted by atomic mass is 15.3. The molecule has 0 aliphatic carbocycles. The molecular formula is C9H12N4. The molecule has 0 spiro atoms. The number of nitrogens with zero attached hydrogens (tertiary/aromatic N) is 4. The van der Waals surface area contributed by atoms with Gasteiger partial charge < -0.3 is 4.57 Å². The lowest BCUT2D eigenvalue weighted by atomic mass is 10.4. The van der Waals surface area contributed by atoms with Gasteiger partial charge in [-0.05, 0) is 12.5 Å². The fraction of sp³-hybridized carbons (Fsp3) is 0.333. The number of aryl methyl sites for hydroxylation is 2. The molecule has 4 heteroatoms. The maximum atomic E-state index is 4.21. The van der Waals surface area contributed by atoms with Crippen LogP contribution in [-0.2, 0) is 13.6 Å². The van der Waals surface area contributed by atoms with Gasteiger partial charge in [0.1, 0.15) is 0 Å². The maximum absolute atomic E-state index is 4.21. The Morgan fingerprint density at radius 2 is 2.23 bits per heavy atom. The molecule has 0 fully saturated rings. The van der Waals surface area contributed by atoms with Gasteiger partial charge in [0.05, 0.1) is 31.0 Å². The van der Waals surface area contributed by atoms with Crippen molar-refractivity contribution >= 4 is 0 Å². The summed E-state index contributed by atoms with van der Waals surface area (Å²) in [6, 6.07) is 0. The molecule has 13 heavy (non-hydrogen) atoms. The van der Waals surface area contributed by atoms with Gasteiger partial charge in [0.25, 0.3) is 0 Å². The van der Waals surface area contributed by atoms with Gasteiger partial charge in [0, 0.05) is 13.2 Å². The minimum absolute atomic E-state index is 0.782. The van der Waals surface area contributed by atoms with E-state index in [9.17, 15) is 0 Å². The number of rotatable bonds is 2. The third-order valence-electron chi connectivity index (χ3n) is 2.00. The predicted octanol–water partition coefficient (Wildman–Crippen LogP) is 0.973. The molecule has 0 N–H and O–H groups in total. The summed E-state index contributed by atoms with van der Waals surface area (Å²) in [5.41, 5.74) is 2.34. The second-order valence-electron chi connectivity index (χ2n) is 3.21. The van der Waals surface area contributed by atoms with E-state index in [1.54, 1.807) is 6.33 Å². The van der Waals surface area contributed by atoms with E-state index in [-0.39, 0.29) is 0 Å². The van der Waals surface area contributed by atoms with Crippen LogP contribution in [0, 0.1) is 6.92 Å². The third-order valence-corrected chi connectivity index (χ3v) is 2.00. The van der Waals surface area contributed by atoms with Crippen LogP contribution in [0.4, 0.5) is 0 Å². The zero-order valence-electron chi connectivity index (χ0n) is 7.81. The third kappa shape index (κ3) is 1.61. The van der Waals surface area contributed by atoms with E-state index in [4.69, 9.17) is 0 Å². The standard InChI is InChI=1S/C9H12N4/c1-8-3-11-13(5-8)6-9-4-10-7-12(9)2/h3-5,7H,6H2,1-2H3. The minimum Gasteiger partial charge on any atom is -0.336 e. The molecule has 2 aromatic rings. The van der Waals surface area contributed by atoms with E-state index >= 15 is 0 Å². The second-order valence-corrected chi connectivity index (χ2v) is 3.21.